The number of fused-ring (bicyclic) bond motifs is 2. The van der Waals surface area contributed by atoms with Crippen LogP contribution in [0.2, 0.25) is 5.02 Å². The molecule has 5 nitrogen and oxygen atoms in total. The number of aromatic amines is 1. The summed E-state index contributed by atoms with van der Waals surface area (Å²) in [6.45, 7) is 7.76. The summed E-state index contributed by atoms with van der Waals surface area (Å²) in [6, 6.07) is 5.62. The number of likely N-dealkylation sites (tertiary alicyclic amines) is 1. The Bertz CT molecular complexity index is 1200. The van der Waals surface area contributed by atoms with Crippen molar-refractivity contribution in [2.75, 3.05) is 13.1 Å². The van der Waals surface area contributed by atoms with Gasteiger partial charge in [-0.15, -0.1) is 11.3 Å². The van der Waals surface area contributed by atoms with Gasteiger partial charge >= 0.3 is 0 Å². The highest BCUT2D eigenvalue weighted by Gasteiger charge is 2.43. The van der Waals surface area contributed by atoms with Crippen LogP contribution in [0, 0.1) is 5.41 Å². The Labute approximate surface area is 190 Å². The maximum absolute atomic E-state index is 13.1. The standard InChI is InChI=1S/C24H26ClN3O2S/c1-23(2,3)22-27-20-18(29)11-24(12-19(20)31-22)6-8-28(9-7-24)21(30)14-4-5-17-15(10-14)16(25)13-26-17/h4-5,10,13,26H,6-9,11-12H2,1-3H3. The number of H-pyrrole nitrogens is 1. The van der Waals surface area contributed by atoms with E-state index in [1.165, 1.54) is 0 Å². The highest BCUT2D eigenvalue weighted by atomic mass is 35.5. The number of rotatable bonds is 1. The number of thiazole rings is 1. The lowest BCUT2D eigenvalue weighted by Gasteiger charge is -2.43. The summed E-state index contributed by atoms with van der Waals surface area (Å²) < 4.78 is 0. The monoisotopic (exact) mass is 455 g/mol. The zero-order chi connectivity index (χ0) is 22.0. The fourth-order valence-electron chi connectivity index (χ4n) is 4.78. The average Bonchev–Trinajstić information content (AvgIpc) is 3.32. The second kappa shape index (κ2) is 7.17. The number of hydrogen-bond acceptors (Lipinski definition) is 4. The van der Waals surface area contributed by atoms with Crippen molar-refractivity contribution in [3.8, 4) is 0 Å². The molecule has 0 bridgehead atoms. The van der Waals surface area contributed by atoms with Crippen LogP contribution in [0.4, 0.5) is 0 Å². The van der Waals surface area contributed by atoms with Crippen LogP contribution in [0.25, 0.3) is 10.9 Å². The molecule has 1 aliphatic carbocycles. The summed E-state index contributed by atoms with van der Waals surface area (Å²) in [4.78, 5) is 36.9. The molecule has 7 heteroatoms. The lowest BCUT2D eigenvalue weighted by molar-refractivity contribution is 0.0522. The normalized spacial score (nSPS) is 18.6. The summed E-state index contributed by atoms with van der Waals surface area (Å²) in [5.41, 5.74) is 2.18. The molecule has 0 atom stereocenters. The topological polar surface area (TPSA) is 66.1 Å². The predicted molar refractivity (Wildman–Crippen MR) is 124 cm³/mol. The number of amides is 1. The number of nitrogens with zero attached hydrogens (tertiary/aromatic N) is 2. The summed E-state index contributed by atoms with van der Waals surface area (Å²) in [7, 11) is 0. The summed E-state index contributed by atoms with van der Waals surface area (Å²) >= 11 is 7.92. The van der Waals surface area contributed by atoms with E-state index in [9.17, 15) is 9.59 Å². The Morgan fingerprint density at radius 1 is 1.23 bits per heavy atom. The predicted octanol–water partition coefficient (Wildman–Crippen LogP) is 5.63. The molecule has 1 amide bonds. The van der Waals surface area contributed by atoms with Crippen LogP contribution in [0.3, 0.4) is 0 Å². The maximum Gasteiger partial charge on any atom is 0.253 e. The van der Waals surface area contributed by atoms with Crippen LogP contribution in [0.15, 0.2) is 24.4 Å². The minimum atomic E-state index is -0.0469. The largest absolute Gasteiger partial charge is 0.360 e. The summed E-state index contributed by atoms with van der Waals surface area (Å²) in [5.74, 6) is 0.199. The Balaban J connectivity index is 1.32. The number of halogens is 1. The molecule has 5 rings (SSSR count). The van der Waals surface area contributed by atoms with Crippen LogP contribution < -0.4 is 0 Å². The lowest BCUT2D eigenvalue weighted by Crippen LogP contribution is -2.46. The van der Waals surface area contributed by atoms with Gasteiger partial charge in [0.1, 0.15) is 5.69 Å². The summed E-state index contributed by atoms with van der Waals surface area (Å²) in [5, 5.41) is 2.53. The number of ketones is 1. The smallest absolute Gasteiger partial charge is 0.253 e. The van der Waals surface area contributed by atoms with Crippen molar-refractivity contribution in [1.82, 2.24) is 14.9 Å². The SMILES string of the molecule is CC(C)(C)c1nc2c(s1)CC1(CCN(C(=O)c3ccc4[nH]cc(Cl)c4c3)CC1)CC2=O. The zero-order valence-electron chi connectivity index (χ0n) is 18.0. The van der Waals surface area contributed by atoms with E-state index < -0.39 is 0 Å². The van der Waals surface area contributed by atoms with Gasteiger partial charge < -0.3 is 9.88 Å². The minimum Gasteiger partial charge on any atom is -0.360 e. The molecule has 1 fully saturated rings. The third-order valence-corrected chi connectivity index (χ3v) is 8.46. The Kier molecular flexibility index (Phi) is 4.79. The average molecular weight is 456 g/mol. The highest BCUT2D eigenvalue weighted by molar-refractivity contribution is 7.12. The van der Waals surface area contributed by atoms with Crippen LogP contribution in [0.1, 0.15) is 70.8 Å². The van der Waals surface area contributed by atoms with E-state index in [0.717, 1.165) is 40.1 Å². The van der Waals surface area contributed by atoms with Crippen LogP contribution in [-0.2, 0) is 11.8 Å². The molecule has 2 aliphatic rings. The van der Waals surface area contributed by atoms with Crippen molar-refractivity contribution in [3.05, 3.63) is 50.6 Å². The number of carbonyl (C=O) groups is 2. The van der Waals surface area contributed by atoms with Gasteiger partial charge in [-0.25, -0.2) is 4.98 Å². The van der Waals surface area contributed by atoms with Crippen LogP contribution in [-0.4, -0.2) is 39.6 Å². The van der Waals surface area contributed by atoms with Gasteiger partial charge in [0.2, 0.25) is 0 Å². The van der Waals surface area contributed by atoms with E-state index in [4.69, 9.17) is 11.6 Å². The van der Waals surface area contributed by atoms with Gasteiger partial charge in [-0.2, -0.15) is 0 Å². The van der Waals surface area contributed by atoms with Crippen molar-refractivity contribution in [3.63, 3.8) is 0 Å². The number of carbonyl (C=O) groups excluding carboxylic acids is 2. The fraction of sp³-hybridized carbons (Fsp3) is 0.458. The lowest BCUT2D eigenvalue weighted by atomic mass is 9.68. The van der Waals surface area contributed by atoms with Gasteiger partial charge in [-0.3, -0.25) is 9.59 Å². The molecule has 3 aromatic rings. The van der Waals surface area contributed by atoms with Crippen molar-refractivity contribution in [1.29, 1.82) is 0 Å². The second-order valence-electron chi connectivity index (χ2n) is 10.0. The number of nitrogens with one attached hydrogen (secondary N) is 1. The van der Waals surface area contributed by atoms with E-state index in [1.54, 1.807) is 17.5 Å². The maximum atomic E-state index is 13.1. The first kappa shape index (κ1) is 20.7. The molecule has 3 heterocycles. The van der Waals surface area contributed by atoms with Crippen LogP contribution in [0.5, 0.6) is 0 Å². The molecule has 1 N–H and O–H groups in total. The Morgan fingerprint density at radius 2 is 1.97 bits per heavy atom. The van der Waals surface area contributed by atoms with Crippen LogP contribution >= 0.6 is 22.9 Å². The molecule has 0 unspecified atom stereocenters. The molecule has 2 aromatic heterocycles. The first-order valence-electron chi connectivity index (χ1n) is 10.7. The molecule has 0 radical (unpaired) electrons. The third kappa shape index (κ3) is 3.60. The van der Waals surface area contributed by atoms with E-state index in [-0.39, 0.29) is 22.5 Å². The molecule has 1 saturated heterocycles. The van der Waals surface area contributed by atoms with Crippen molar-refractivity contribution >= 4 is 45.5 Å². The Hall–Kier alpha value is -2.18. The molecule has 0 saturated carbocycles. The molecule has 1 aliphatic heterocycles. The molecular weight excluding hydrogens is 430 g/mol. The van der Waals surface area contributed by atoms with Gasteiger partial charge in [0.05, 0.1) is 10.0 Å². The zero-order valence-corrected chi connectivity index (χ0v) is 19.6. The molecule has 1 aromatic carbocycles. The molecular formula is C24H26ClN3O2S. The highest BCUT2D eigenvalue weighted by Crippen LogP contribution is 2.46. The number of Topliss-reactive ketones (excluding diaryl/α,β-unsaturated/α-hetero) is 1. The van der Waals surface area contributed by atoms with Crippen molar-refractivity contribution in [2.24, 2.45) is 5.41 Å². The van der Waals surface area contributed by atoms with Gasteiger partial charge in [0, 0.05) is 52.5 Å². The molecule has 1 spiro atoms. The van der Waals surface area contributed by atoms with E-state index >= 15 is 0 Å². The van der Waals surface area contributed by atoms with Gasteiger partial charge in [0.15, 0.2) is 5.78 Å². The Morgan fingerprint density at radius 3 is 2.68 bits per heavy atom. The van der Waals surface area contributed by atoms with Crippen molar-refractivity contribution < 1.29 is 9.59 Å². The van der Waals surface area contributed by atoms with Crippen molar-refractivity contribution in [2.45, 2.75) is 51.9 Å². The third-order valence-electron chi connectivity index (χ3n) is 6.66. The van der Waals surface area contributed by atoms with Gasteiger partial charge in [-0.1, -0.05) is 32.4 Å². The fourth-order valence-corrected chi connectivity index (χ4v) is 6.30. The molecule has 162 valence electrons. The van der Waals surface area contributed by atoms with E-state index in [1.807, 2.05) is 23.1 Å². The van der Waals surface area contributed by atoms with Gasteiger partial charge in [0.25, 0.3) is 5.91 Å². The number of piperidine rings is 1. The van der Waals surface area contributed by atoms with E-state index in [0.29, 0.717) is 35.8 Å². The minimum absolute atomic E-state index is 0.0321. The van der Waals surface area contributed by atoms with Gasteiger partial charge in [-0.05, 0) is 42.9 Å². The molecule has 31 heavy (non-hydrogen) atoms. The first-order valence-corrected chi connectivity index (χ1v) is 11.9. The first-order chi connectivity index (χ1) is 14.7. The second-order valence-corrected chi connectivity index (χ2v) is 11.5. The number of aromatic nitrogens is 2. The summed E-state index contributed by atoms with van der Waals surface area (Å²) in [6.07, 6.45) is 4.87. The number of benzene rings is 1. The number of hydrogen-bond donors (Lipinski definition) is 1. The quantitative estimate of drug-likeness (QED) is 0.517. The van der Waals surface area contributed by atoms with E-state index in [2.05, 4.69) is 30.7 Å².